The number of para-hydroxylation sites is 1. The maximum atomic E-state index is 13.8. The molecule has 5 rings (SSSR count). The Morgan fingerprint density at radius 3 is 2.43 bits per heavy atom. The number of nitrogens with one attached hydrogen (secondary N) is 1. The van der Waals surface area contributed by atoms with Gasteiger partial charge in [-0.25, -0.2) is 9.78 Å². The van der Waals surface area contributed by atoms with Gasteiger partial charge in [-0.3, -0.25) is 9.36 Å². The number of anilines is 1. The molecule has 6 nitrogen and oxygen atoms in total. The molecule has 0 saturated heterocycles. The summed E-state index contributed by atoms with van der Waals surface area (Å²) >= 11 is 0. The average Bonchev–Trinajstić information content (AvgIpc) is 2.91. The number of hydrogen-bond acceptors (Lipinski definition) is 3. The van der Waals surface area contributed by atoms with Gasteiger partial charge in [0, 0.05) is 11.9 Å². The van der Waals surface area contributed by atoms with Crippen LogP contribution >= 0.6 is 0 Å². The van der Waals surface area contributed by atoms with Crippen LogP contribution in [0.3, 0.4) is 0 Å². The Morgan fingerprint density at radius 2 is 1.65 bits per heavy atom. The second-order valence-electron chi connectivity index (χ2n) is 9.34. The first kappa shape index (κ1) is 24.3. The van der Waals surface area contributed by atoms with Crippen LogP contribution in [0.4, 0.5) is 10.5 Å². The molecule has 0 radical (unpaired) electrons. The topological polar surface area (TPSA) is 67.2 Å². The predicted molar refractivity (Wildman–Crippen MR) is 151 cm³/mol. The van der Waals surface area contributed by atoms with Crippen LogP contribution in [0, 0.1) is 13.8 Å². The van der Waals surface area contributed by atoms with Gasteiger partial charge in [-0.05, 0) is 68.5 Å². The Kier molecular flexibility index (Phi) is 6.49. The molecule has 0 fully saturated rings. The molecule has 1 unspecified atom stereocenters. The lowest BCUT2D eigenvalue weighted by molar-refractivity contribution is 0.193. The fraction of sp³-hybridized carbons (Fsp3) is 0.194. The number of urea groups is 1. The van der Waals surface area contributed by atoms with E-state index in [1.54, 1.807) is 15.5 Å². The zero-order chi connectivity index (χ0) is 26.1. The minimum atomic E-state index is -0.475. The summed E-state index contributed by atoms with van der Waals surface area (Å²) < 4.78 is 1.67. The van der Waals surface area contributed by atoms with Crippen molar-refractivity contribution in [2.75, 3.05) is 11.9 Å². The number of rotatable bonds is 5. The summed E-state index contributed by atoms with van der Waals surface area (Å²) in [4.78, 5) is 34.1. The van der Waals surface area contributed by atoms with Gasteiger partial charge in [-0.2, -0.15) is 0 Å². The summed E-state index contributed by atoms with van der Waals surface area (Å²) in [5, 5.41) is 5.66. The Bertz CT molecular complexity index is 1680. The molecule has 1 heterocycles. The third-order valence-electron chi connectivity index (χ3n) is 6.88. The summed E-state index contributed by atoms with van der Waals surface area (Å²) in [6, 6.07) is 26.5. The molecule has 1 atom stereocenters. The van der Waals surface area contributed by atoms with E-state index in [4.69, 9.17) is 4.98 Å². The number of hydrogen-bond donors (Lipinski definition) is 1. The SMILES string of the molecule is CCN(C(=O)Nc1cccc2ccccc12)C(C)c1nc2ccccc2c(=O)n1-c1cc(C)ccc1C. The van der Waals surface area contributed by atoms with Crippen LogP contribution in [0.5, 0.6) is 0 Å². The molecule has 37 heavy (non-hydrogen) atoms. The van der Waals surface area contributed by atoms with Crippen molar-refractivity contribution in [1.29, 1.82) is 0 Å². The van der Waals surface area contributed by atoms with E-state index >= 15 is 0 Å². The molecule has 1 aromatic heterocycles. The zero-order valence-corrected chi connectivity index (χ0v) is 21.5. The lowest BCUT2D eigenvalue weighted by Crippen LogP contribution is -2.39. The number of carbonyl (C=O) groups is 1. The molecule has 0 aliphatic rings. The van der Waals surface area contributed by atoms with Crippen molar-refractivity contribution in [3.63, 3.8) is 0 Å². The van der Waals surface area contributed by atoms with E-state index in [0.29, 0.717) is 23.3 Å². The molecule has 0 saturated carbocycles. The molecular weight excluding hydrogens is 460 g/mol. The van der Waals surface area contributed by atoms with E-state index in [2.05, 4.69) is 5.32 Å². The van der Waals surface area contributed by atoms with E-state index in [-0.39, 0.29) is 11.6 Å². The van der Waals surface area contributed by atoms with Crippen LogP contribution in [0.25, 0.3) is 27.4 Å². The highest BCUT2D eigenvalue weighted by atomic mass is 16.2. The highest BCUT2D eigenvalue weighted by molar-refractivity contribution is 6.01. The quantitative estimate of drug-likeness (QED) is 0.296. The highest BCUT2D eigenvalue weighted by Crippen LogP contribution is 2.27. The third kappa shape index (κ3) is 4.47. The van der Waals surface area contributed by atoms with Gasteiger partial charge >= 0.3 is 6.03 Å². The summed E-state index contributed by atoms with van der Waals surface area (Å²) in [6.45, 7) is 8.27. The molecule has 186 valence electrons. The Balaban J connectivity index is 1.62. The predicted octanol–water partition coefficient (Wildman–Crippen LogP) is 6.77. The van der Waals surface area contributed by atoms with Crippen molar-refractivity contribution in [3.05, 3.63) is 112 Å². The smallest absolute Gasteiger partial charge is 0.315 e. The molecule has 2 amide bonds. The number of fused-ring (bicyclic) bond motifs is 2. The van der Waals surface area contributed by atoms with Crippen molar-refractivity contribution in [1.82, 2.24) is 14.5 Å². The van der Waals surface area contributed by atoms with Crippen LogP contribution in [0.1, 0.15) is 36.8 Å². The normalized spacial score (nSPS) is 12.0. The van der Waals surface area contributed by atoms with Gasteiger partial charge in [0.15, 0.2) is 0 Å². The van der Waals surface area contributed by atoms with E-state index in [9.17, 15) is 9.59 Å². The first-order valence-electron chi connectivity index (χ1n) is 12.5. The van der Waals surface area contributed by atoms with E-state index in [1.807, 2.05) is 107 Å². The largest absolute Gasteiger partial charge is 0.322 e. The molecule has 0 aliphatic heterocycles. The molecular formula is C31H30N4O2. The molecule has 5 aromatic rings. The van der Waals surface area contributed by atoms with Gasteiger partial charge in [-0.15, -0.1) is 0 Å². The van der Waals surface area contributed by atoms with Gasteiger partial charge in [0.05, 0.1) is 28.3 Å². The molecule has 0 aliphatic carbocycles. The average molecular weight is 491 g/mol. The van der Waals surface area contributed by atoms with Gasteiger partial charge in [-0.1, -0.05) is 60.7 Å². The van der Waals surface area contributed by atoms with Crippen LogP contribution < -0.4 is 10.9 Å². The number of benzene rings is 4. The minimum absolute atomic E-state index is 0.147. The van der Waals surface area contributed by atoms with Gasteiger partial charge in [0.25, 0.3) is 5.56 Å². The van der Waals surface area contributed by atoms with Gasteiger partial charge in [0.2, 0.25) is 0 Å². The van der Waals surface area contributed by atoms with E-state index in [1.165, 1.54) is 0 Å². The number of amides is 2. The summed E-state index contributed by atoms with van der Waals surface area (Å²) in [5.74, 6) is 0.521. The zero-order valence-electron chi connectivity index (χ0n) is 21.5. The van der Waals surface area contributed by atoms with Crippen molar-refractivity contribution < 1.29 is 4.79 Å². The molecule has 4 aromatic carbocycles. The van der Waals surface area contributed by atoms with Crippen LogP contribution in [0.2, 0.25) is 0 Å². The number of aryl methyl sites for hydroxylation is 2. The van der Waals surface area contributed by atoms with Crippen LogP contribution in [0.15, 0.2) is 89.7 Å². The number of carbonyl (C=O) groups excluding carboxylic acids is 1. The Labute approximate surface area is 216 Å². The molecule has 1 N–H and O–H groups in total. The lowest BCUT2D eigenvalue weighted by Gasteiger charge is -2.30. The summed E-state index contributed by atoms with van der Waals surface area (Å²) in [6.07, 6.45) is 0. The lowest BCUT2D eigenvalue weighted by atomic mass is 10.1. The van der Waals surface area contributed by atoms with Crippen molar-refractivity contribution in [2.45, 2.75) is 33.7 Å². The maximum absolute atomic E-state index is 13.8. The maximum Gasteiger partial charge on any atom is 0.322 e. The van der Waals surface area contributed by atoms with Crippen LogP contribution in [-0.2, 0) is 0 Å². The first-order chi connectivity index (χ1) is 17.9. The fourth-order valence-corrected chi connectivity index (χ4v) is 4.88. The summed E-state index contributed by atoms with van der Waals surface area (Å²) in [7, 11) is 0. The van der Waals surface area contributed by atoms with Crippen molar-refractivity contribution in [2.24, 2.45) is 0 Å². The fourth-order valence-electron chi connectivity index (χ4n) is 4.88. The molecule has 0 spiro atoms. The van der Waals surface area contributed by atoms with Crippen molar-refractivity contribution >= 4 is 33.4 Å². The second-order valence-corrected chi connectivity index (χ2v) is 9.34. The standard InChI is InChI=1S/C31H30N4O2/c1-5-34(31(37)33-26-16-10-12-23-11-6-7-13-24(23)26)22(4)29-32-27-15-9-8-14-25(27)30(36)35(29)28-19-20(2)17-18-21(28)3/h6-19,22H,5H2,1-4H3,(H,33,37). The monoisotopic (exact) mass is 490 g/mol. The van der Waals surface area contributed by atoms with E-state index in [0.717, 1.165) is 33.3 Å². The van der Waals surface area contributed by atoms with Gasteiger partial charge in [0.1, 0.15) is 5.82 Å². The van der Waals surface area contributed by atoms with Crippen molar-refractivity contribution in [3.8, 4) is 5.69 Å². The Morgan fingerprint density at radius 1 is 0.946 bits per heavy atom. The minimum Gasteiger partial charge on any atom is -0.315 e. The number of nitrogens with zero attached hydrogens (tertiary/aromatic N) is 3. The van der Waals surface area contributed by atoms with E-state index < -0.39 is 6.04 Å². The van der Waals surface area contributed by atoms with Crippen LogP contribution in [-0.4, -0.2) is 27.0 Å². The second kappa shape index (κ2) is 9.90. The number of aromatic nitrogens is 2. The first-order valence-corrected chi connectivity index (χ1v) is 12.5. The molecule has 0 bridgehead atoms. The highest BCUT2D eigenvalue weighted by Gasteiger charge is 2.26. The Hall–Kier alpha value is -4.45. The van der Waals surface area contributed by atoms with Gasteiger partial charge < -0.3 is 10.2 Å². The third-order valence-corrected chi connectivity index (χ3v) is 6.88. The molecule has 6 heteroatoms. The summed E-state index contributed by atoms with van der Waals surface area (Å²) in [5.41, 5.74) is 3.98.